The van der Waals surface area contributed by atoms with E-state index in [1.54, 1.807) is 0 Å². The third-order valence-electron chi connectivity index (χ3n) is 3.99. The van der Waals surface area contributed by atoms with Gasteiger partial charge in [0, 0.05) is 0 Å². The molecule has 0 aliphatic carbocycles. The van der Waals surface area contributed by atoms with Crippen LogP contribution in [0.25, 0.3) is 0 Å². The maximum Gasteiger partial charge on any atom is -0.0443 e. The quantitative estimate of drug-likeness (QED) is 0.288. The predicted molar refractivity (Wildman–Crippen MR) is 178 cm³/mol. The Morgan fingerprint density at radius 1 is 0.333 bits per heavy atom. The first-order valence-corrected chi connectivity index (χ1v) is 11.8. The fourth-order valence-electron chi connectivity index (χ4n) is 2.84. The van der Waals surface area contributed by atoms with E-state index in [-0.39, 0.29) is 59.4 Å². The summed E-state index contributed by atoms with van der Waals surface area (Å²) in [6, 6.07) is 0. The number of hydrogen-bond donors (Lipinski definition) is 0. The van der Waals surface area contributed by atoms with Crippen LogP contribution in [0.3, 0.4) is 0 Å². The van der Waals surface area contributed by atoms with Crippen LogP contribution in [0.15, 0.2) is 0 Å². The molecule has 0 aromatic rings. The Kier molecular flexibility index (Phi) is 179. The van der Waals surface area contributed by atoms with Crippen molar-refractivity contribution in [3.8, 4) is 0 Å². The van der Waals surface area contributed by atoms with Gasteiger partial charge in [-0.25, -0.2) is 0 Å². The zero-order valence-electron chi connectivity index (χ0n) is 20.5. The Labute approximate surface area is 223 Å². The Hall–Kier alpha value is 0. The summed E-state index contributed by atoms with van der Waals surface area (Å²) in [5, 5.41) is 0. The molecule has 0 unspecified atom stereocenters. The van der Waals surface area contributed by atoms with Gasteiger partial charge in [0.1, 0.15) is 0 Å². The van der Waals surface area contributed by atoms with Gasteiger partial charge in [0.05, 0.1) is 0 Å². The highest BCUT2D eigenvalue weighted by molar-refractivity contribution is 4.49. The third kappa shape index (κ3) is 128. The maximum atomic E-state index is 2.34. The van der Waals surface area contributed by atoms with Crippen LogP contribution in [0.4, 0.5) is 0 Å². The van der Waals surface area contributed by atoms with E-state index in [1.807, 2.05) is 0 Å². The van der Waals surface area contributed by atoms with Crippen LogP contribution in [-0.4, -0.2) is 0 Å². The van der Waals surface area contributed by atoms with E-state index in [9.17, 15) is 0 Å². The molecule has 0 rings (SSSR count). The van der Waals surface area contributed by atoms with E-state index in [0.717, 1.165) is 17.8 Å². The van der Waals surface area contributed by atoms with Crippen molar-refractivity contribution in [2.24, 2.45) is 17.8 Å². The monoisotopic (exact) mass is 487 g/mol. The molecule has 0 bridgehead atoms. The van der Waals surface area contributed by atoms with E-state index in [4.69, 9.17) is 0 Å². The van der Waals surface area contributed by atoms with E-state index in [0.29, 0.717) is 0 Å². The van der Waals surface area contributed by atoms with Gasteiger partial charge in [0.2, 0.25) is 0 Å². The summed E-state index contributed by atoms with van der Waals surface area (Å²) in [4.78, 5) is 0. The SMILES string of the molecule is C.C.C.C.C.C.C.C.CCC.CCCC(C)C.CCCC(C)CCC.CCCC(C)CCC. The normalized spacial score (nSPS) is 7.45. The zero-order chi connectivity index (χ0) is 20.5. The van der Waals surface area contributed by atoms with Gasteiger partial charge in [-0.1, -0.05) is 206 Å². The molecule has 0 heterocycles. The first kappa shape index (κ1) is 76.6. The molecule has 0 amide bonds. The second-order valence-corrected chi connectivity index (χ2v) is 8.25. The van der Waals surface area contributed by atoms with Crippen molar-refractivity contribution >= 4 is 0 Å². The maximum absolute atomic E-state index is 2.34. The van der Waals surface area contributed by atoms with Gasteiger partial charge < -0.3 is 0 Å². The third-order valence-corrected chi connectivity index (χ3v) is 3.99. The molecule has 0 radical (unpaired) electrons. The highest BCUT2D eigenvalue weighted by Gasteiger charge is 1.96. The molecule has 0 heteroatoms. The fourth-order valence-corrected chi connectivity index (χ4v) is 2.84. The van der Waals surface area contributed by atoms with Gasteiger partial charge in [-0.2, -0.15) is 0 Å². The minimum Gasteiger partial charge on any atom is -0.0776 e. The Bertz CT molecular complexity index is 145. The summed E-state index contributed by atoms with van der Waals surface area (Å²) >= 11 is 0. The molecular formula is C33H90. The first-order chi connectivity index (χ1) is 11.8. The molecule has 0 aliphatic heterocycles. The standard InChI is InChI=1S/2C8H18.C6H14.C3H8.8CH4/c2*1-4-6-8(3)7-5-2;1-4-5-6(2)3;1-3-2;;;;;;;;/h2*8H,4-7H2,1-3H3;6H,4-5H2,1-3H3;3H2,1-2H3;8*1H4. The van der Waals surface area contributed by atoms with Gasteiger partial charge in [-0.05, 0) is 17.8 Å². The van der Waals surface area contributed by atoms with Gasteiger partial charge >= 0.3 is 0 Å². The van der Waals surface area contributed by atoms with Crippen LogP contribution < -0.4 is 0 Å². The molecule has 0 fully saturated rings. The highest BCUT2D eigenvalue weighted by atomic mass is 14.0. The van der Waals surface area contributed by atoms with Crippen LogP contribution in [0.5, 0.6) is 0 Å². The summed E-state index contributed by atoms with van der Waals surface area (Å²) in [6.07, 6.45) is 15.0. The van der Waals surface area contributed by atoms with E-state index in [1.165, 1.54) is 70.6 Å². The molecule has 0 N–H and O–H groups in total. The highest BCUT2D eigenvalue weighted by Crippen LogP contribution is 2.11. The lowest BCUT2D eigenvalue weighted by atomic mass is 10.0. The van der Waals surface area contributed by atoms with Gasteiger partial charge in [-0.3, -0.25) is 0 Å². The molecular weight excluding hydrogens is 396 g/mol. The second kappa shape index (κ2) is 76.9. The van der Waals surface area contributed by atoms with Gasteiger partial charge in [0.15, 0.2) is 0 Å². The van der Waals surface area contributed by atoms with Crippen LogP contribution in [0.2, 0.25) is 0 Å². The fraction of sp³-hybridized carbons (Fsp3) is 1.00. The number of rotatable bonds is 10. The van der Waals surface area contributed by atoms with Crippen LogP contribution >= 0.6 is 0 Å². The van der Waals surface area contributed by atoms with Crippen molar-refractivity contribution in [2.45, 2.75) is 206 Å². The van der Waals surface area contributed by atoms with Crippen molar-refractivity contribution in [3.05, 3.63) is 0 Å². The average molecular weight is 487 g/mol. The number of hydrogen-bond acceptors (Lipinski definition) is 0. The van der Waals surface area contributed by atoms with Crippen LogP contribution in [-0.2, 0) is 0 Å². The van der Waals surface area contributed by atoms with Crippen molar-refractivity contribution in [1.82, 2.24) is 0 Å². The zero-order valence-corrected chi connectivity index (χ0v) is 20.5. The summed E-state index contributed by atoms with van der Waals surface area (Å²) in [7, 11) is 0. The average Bonchev–Trinajstić information content (AvgIpc) is 2.50. The van der Waals surface area contributed by atoms with Crippen molar-refractivity contribution in [1.29, 1.82) is 0 Å². The van der Waals surface area contributed by atoms with Crippen molar-refractivity contribution < 1.29 is 0 Å². The lowest BCUT2D eigenvalue weighted by Crippen LogP contribution is -1.91. The lowest BCUT2D eigenvalue weighted by molar-refractivity contribution is 0.480. The molecule has 222 valence electrons. The largest absolute Gasteiger partial charge is 0.0776 e. The van der Waals surface area contributed by atoms with Crippen LogP contribution in [0, 0.1) is 17.8 Å². The molecule has 0 saturated carbocycles. The summed E-state index contributed by atoms with van der Waals surface area (Å²) in [5.41, 5.74) is 0. The smallest absolute Gasteiger partial charge is 0.0443 e. The van der Waals surface area contributed by atoms with Crippen molar-refractivity contribution in [3.63, 3.8) is 0 Å². The van der Waals surface area contributed by atoms with Gasteiger partial charge in [-0.15, -0.1) is 0 Å². The molecule has 0 aliphatic rings. The Morgan fingerprint density at radius 2 is 0.485 bits per heavy atom. The van der Waals surface area contributed by atoms with Crippen LogP contribution in [0.1, 0.15) is 206 Å². The summed E-state index contributed by atoms with van der Waals surface area (Å²) in [5.74, 6) is 2.82. The Balaban J connectivity index is -0.0000000170. The molecule has 0 aromatic carbocycles. The van der Waals surface area contributed by atoms with E-state index >= 15 is 0 Å². The van der Waals surface area contributed by atoms with Gasteiger partial charge in [0.25, 0.3) is 0 Å². The topological polar surface area (TPSA) is 0 Å². The van der Waals surface area contributed by atoms with E-state index in [2.05, 4.69) is 76.2 Å². The summed E-state index contributed by atoms with van der Waals surface area (Å²) < 4.78 is 0. The molecule has 33 heavy (non-hydrogen) atoms. The Morgan fingerprint density at radius 3 is 0.545 bits per heavy atom. The van der Waals surface area contributed by atoms with Crippen molar-refractivity contribution in [2.75, 3.05) is 0 Å². The molecule has 0 saturated heterocycles. The van der Waals surface area contributed by atoms with E-state index < -0.39 is 0 Å². The lowest BCUT2D eigenvalue weighted by Gasteiger charge is -2.05. The minimum atomic E-state index is 0. The molecule has 0 aromatic heterocycles. The molecule has 0 atom stereocenters. The minimum absolute atomic E-state index is 0. The molecule has 0 spiro atoms. The first-order valence-electron chi connectivity index (χ1n) is 11.8. The summed E-state index contributed by atoms with van der Waals surface area (Å²) in [6.45, 7) is 24.7. The second-order valence-electron chi connectivity index (χ2n) is 8.25. The predicted octanol–water partition coefficient (Wildman–Crippen LogP) is 15.4. The molecule has 0 nitrogen and oxygen atoms in total.